The molecule has 2 heteroatoms. The minimum atomic E-state index is 0.414. The molecule has 1 N–H and O–H groups in total. The van der Waals surface area contributed by atoms with Gasteiger partial charge in [0.1, 0.15) is 0 Å². The van der Waals surface area contributed by atoms with E-state index in [1.807, 2.05) is 0 Å². The van der Waals surface area contributed by atoms with Gasteiger partial charge in [0.25, 0.3) is 0 Å². The summed E-state index contributed by atoms with van der Waals surface area (Å²) in [7, 11) is 1.65. The van der Waals surface area contributed by atoms with Crippen molar-refractivity contribution in [3.8, 4) is 0 Å². The topological polar surface area (TPSA) is 21.3 Å². The largest absolute Gasteiger partial charge is 0.483 e. The molecule has 2 nitrogen and oxygen atoms in total. The van der Waals surface area contributed by atoms with E-state index in [-0.39, 0.29) is 0 Å². The molecule has 0 atom stereocenters. The minimum absolute atomic E-state index is 0.414. The third-order valence-corrected chi connectivity index (χ3v) is 2.69. The smallest absolute Gasteiger partial charge is 0.179 e. The summed E-state index contributed by atoms with van der Waals surface area (Å²) in [4.78, 5) is 0. The van der Waals surface area contributed by atoms with Crippen LogP contribution in [0.3, 0.4) is 0 Å². The van der Waals surface area contributed by atoms with Crippen molar-refractivity contribution in [3.05, 3.63) is 12.5 Å². The van der Waals surface area contributed by atoms with Gasteiger partial charge in [0.05, 0.1) is 7.11 Å². The SMILES string of the molecule is C=C(NC12CC(C1)C2)OC. The van der Waals surface area contributed by atoms with Crippen molar-refractivity contribution >= 4 is 0 Å². The summed E-state index contributed by atoms with van der Waals surface area (Å²) >= 11 is 0. The van der Waals surface area contributed by atoms with Gasteiger partial charge in [0.2, 0.25) is 0 Å². The molecule has 3 aliphatic carbocycles. The minimum Gasteiger partial charge on any atom is -0.483 e. The third-order valence-electron chi connectivity index (χ3n) is 2.69. The lowest BCUT2D eigenvalue weighted by Gasteiger charge is -2.62. The zero-order valence-corrected chi connectivity index (χ0v) is 6.31. The van der Waals surface area contributed by atoms with Crippen molar-refractivity contribution in [2.24, 2.45) is 5.92 Å². The molecule has 0 aromatic heterocycles. The van der Waals surface area contributed by atoms with Crippen LogP contribution in [0.2, 0.25) is 0 Å². The molecule has 3 rings (SSSR count). The molecule has 0 radical (unpaired) electrons. The van der Waals surface area contributed by atoms with Gasteiger partial charge in [0.15, 0.2) is 5.88 Å². The number of ether oxygens (including phenoxy) is 1. The van der Waals surface area contributed by atoms with E-state index in [2.05, 4.69) is 11.9 Å². The van der Waals surface area contributed by atoms with E-state index in [0.717, 1.165) is 11.8 Å². The molecule has 0 saturated heterocycles. The van der Waals surface area contributed by atoms with Gasteiger partial charge in [-0.1, -0.05) is 0 Å². The zero-order valence-electron chi connectivity index (χ0n) is 6.31. The Labute approximate surface area is 61.3 Å². The van der Waals surface area contributed by atoms with Crippen LogP contribution >= 0.6 is 0 Å². The Morgan fingerprint density at radius 1 is 1.60 bits per heavy atom. The van der Waals surface area contributed by atoms with Crippen LogP contribution in [0.1, 0.15) is 19.3 Å². The highest BCUT2D eigenvalue weighted by atomic mass is 16.5. The van der Waals surface area contributed by atoms with Crippen molar-refractivity contribution in [2.75, 3.05) is 7.11 Å². The molecule has 3 fully saturated rings. The molecule has 0 unspecified atom stereocenters. The highest BCUT2D eigenvalue weighted by molar-refractivity contribution is 5.16. The molecule has 2 bridgehead atoms. The van der Waals surface area contributed by atoms with E-state index in [1.54, 1.807) is 7.11 Å². The van der Waals surface area contributed by atoms with E-state index in [1.165, 1.54) is 19.3 Å². The Kier molecular flexibility index (Phi) is 1.02. The molecule has 0 aromatic rings. The first-order chi connectivity index (χ1) is 4.74. The fraction of sp³-hybridized carbons (Fsp3) is 0.750. The number of rotatable bonds is 3. The Hall–Kier alpha value is -0.660. The van der Waals surface area contributed by atoms with Gasteiger partial charge < -0.3 is 10.1 Å². The summed E-state index contributed by atoms with van der Waals surface area (Å²) in [6, 6.07) is 0. The van der Waals surface area contributed by atoms with Gasteiger partial charge in [-0.2, -0.15) is 0 Å². The fourth-order valence-electron chi connectivity index (χ4n) is 1.98. The average molecular weight is 139 g/mol. The Bertz CT molecular complexity index is 159. The van der Waals surface area contributed by atoms with Crippen molar-refractivity contribution in [3.63, 3.8) is 0 Å². The lowest BCUT2D eigenvalue weighted by molar-refractivity contribution is -0.0532. The molecule has 56 valence electrons. The lowest BCUT2D eigenvalue weighted by atomic mass is 9.50. The molecule has 10 heavy (non-hydrogen) atoms. The van der Waals surface area contributed by atoms with Crippen molar-refractivity contribution in [2.45, 2.75) is 24.8 Å². The highest BCUT2D eigenvalue weighted by Crippen LogP contribution is 2.57. The molecule has 0 amide bonds. The summed E-state index contributed by atoms with van der Waals surface area (Å²) in [5.41, 5.74) is 0.414. The Balaban J connectivity index is 1.84. The quantitative estimate of drug-likeness (QED) is 0.594. The molecule has 0 heterocycles. The van der Waals surface area contributed by atoms with E-state index < -0.39 is 0 Å². The van der Waals surface area contributed by atoms with E-state index >= 15 is 0 Å². The van der Waals surface area contributed by atoms with Gasteiger partial charge in [-0.15, -0.1) is 0 Å². The molecular weight excluding hydrogens is 126 g/mol. The van der Waals surface area contributed by atoms with Crippen LogP contribution in [0.15, 0.2) is 12.5 Å². The maximum atomic E-state index is 4.94. The van der Waals surface area contributed by atoms with Gasteiger partial charge in [-0.3, -0.25) is 0 Å². The van der Waals surface area contributed by atoms with Crippen LogP contribution in [0.5, 0.6) is 0 Å². The van der Waals surface area contributed by atoms with Crippen LogP contribution in [-0.4, -0.2) is 12.6 Å². The molecular formula is C8H13NO. The van der Waals surface area contributed by atoms with Crippen molar-refractivity contribution in [1.82, 2.24) is 5.32 Å². The number of methoxy groups -OCH3 is 1. The monoisotopic (exact) mass is 139 g/mol. The third kappa shape index (κ3) is 0.648. The summed E-state index contributed by atoms with van der Waals surface area (Å²) < 4.78 is 4.94. The molecule has 0 aromatic carbocycles. The van der Waals surface area contributed by atoms with Gasteiger partial charge >= 0.3 is 0 Å². The average Bonchev–Trinajstić information content (AvgIpc) is 1.75. The number of hydrogen-bond donors (Lipinski definition) is 1. The molecule has 3 saturated carbocycles. The fourth-order valence-corrected chi connectivity index (χ4v) is 1.98. The lowest BCUT2D eigenvalue weighted by Crippen LogP contribution is -2.66. The van der Waals surface area contributed by atoms with Crippen LogP contribution in [0.4, 0.5) is 0 Å². The van der Waals surface area contributed by atoms with E-state index in [9.17, 15) is 0 Å². The van der Waals surface area contributed by atoms with Crippen LogP contribution < -0.4 is 5.32 Å². The van der Waals surface area contributed by atoms with E-state index in [4.69, 9.17) is 4.74 Å². The first kappa shape index (κ1) is 6.08. The van der Waals surface area contributed by atoms with Crippen molar-refractivity contribution in [1.29, 1.82) is 0 Å². The predicted molar refractivity (Wildman–Crippen MR) is 39.4 cm³/mol. The first-order valence-corrected chi connectivity index (χ1v) is 3.75. The molecule has 0 spiro atoms. The molecule has 3 aliphatic rings. The summed E-state index contributed by atoms with van der Waals surface area (Å²) in [6.45, 7) is 3.73. The summed E-state index contributed by atoms with van der Waals surface area (Å²) in [5, 5.41) is 3.29. The maximum absolute atomic E-state index is 4.94. The summed E-state index contributed by atoms with van der Waals surface area (Å²) in [6.07, 6.45) is 3.99. The molecule has 0 aliphatic heterocycles. The Morgan fingerprint density at radius 3 is 2.50 bits per heavy atom. The van der Waals surface area contributed by atoms with Crippen LogP contribution in [-0.2, 0) is 4.74 Å². The van der Waals surface area contributed by atoms with Gasteiger partial charge in [0, 0.05) is 5.54 Å². The van der Waals surface area contributed by atoms with E-state index in [0.29, 0.717) is 5.54 Å². The highest BCUT2D eigenvalue weighted by Gasteiger charge is 2.56. The van der Waals surface area contributed by atoms with Gasteiger partial charge in [-0.25, -0.2) is 0 Å². The number of hydrogen-bond acceptors (Lipinski definition) is 2. The zero-order chi connectivity index (χ0) is 7.19. The second kappa shape index (κ2) is 1.68. The predicted octanol–water partition coefficient (Wildman–Crippen LogP) is 1.25. The summed E-state index contributed by atoms with van der Waals surface area (Å²) in [5.74, 6) is 1.73. The van der Waals surface area contributed by atoms with Gasteiger partial charge in [-0.05, 0) is 31.8 Å². The normalized spacial score (nSPS) is 41.1. The van der Waals surface area contributed by atoms with Crippen LogP contribution in [0.25, 0.3) is 0 Å². The second-order valence-corrected chi connectivity index (χ2v) is 3.51. The maximum Gasteiger partial charge on any atom is 0.179 e. The van der Waals surface area contributed by atoms with Crippen LogP contribution in [0, 0.1) is 5.92 Å². The van der Waals surface area contributed by atoms with Crippen molar-refractivity contribution < 1.29 is 4.74 Å². The first-order valence-electron chi connectivity index (χ1n) is 3.75. The number of nitrogens with one attached hydrogen (secondary N) is 1. The Morgan fingerprint density at radius 2 is 2.20 bits per heavy atom. The standard InChI is InChI=1S/C8H13NO/c1-6(10-2)9-8-3-7(4-8)5-8/h7,9H,1,3-5H2,2H3. The second-order valence-electron chi connectivity index (χ2n) is 3.51.